The second-order valence-electron chi connectivity index (χ2n) is 9.50. The van der Waals surface area contributed by atoms with Crippen molar-refractivity contribution in [3.8, 4) is 22.9 Å². The summed E-state index contributed by atoms with van der Waals surface area (Å²) in [4.78, 5) is 7.51. The minimum atomic E-state index is 0.684. The number of likely N-dealkylation sites (N-methyl/N-ethyl adjacent to an activating group) is 2. The van der Waals surface area contributed by atoms with Gasteiger partial charge in [-0.15, -0.1) is 0 Å². The molecule has 0 aliphatic heterocycles. The van der Waals surface area contributed by atoms with Gasteiger partial charge in [-0.1, -0.05) is 57.5 Å². The molecule has 0 bridgehead atoms. The highest BCUT2D eigenvalue weighted by Gasteiger charge is 2.19. The molecule has 0 saturated heterocycles. The van der Waals surface area contributed by atoms with Crippen LogP contribution in [-0.2, 0) is 17.7 Å². The fourth-order valence-corrected chi connectivity index (χ4v) is 4.62. The summed E-state index contributed by atoms with van der Waals surface area (Å²) < 4.78 is 14.7. The molecule has 0 atom stereocenters. The van der Waals surface area contributed by atoms with E-state index < -0.39 is 0 Å². The number of unbranched alkanes of at least 4 members (excludes halogenated alkanes) is 1. The van der Waals surface area contributed by atoms with Gasteiger partial charge in [-0.3, -0.25) is 4.90 Å². The summed E-state index contributed by atoms with van der Waals surface area (Å²) in [7, 11) is 0. The number of nitrogens with one attached hydrogen (secondary N) is 1. The van der Waals surface area contributed by atoms with Crippen LogP contribution in [0.25, 0.3) is 17.5 Å². The Kier molecular flexibility index (Phi) is 10.6. The second kappa shape index (κ2) is 14.6. The average molecular weight is 515 g/mol. The number of hydrogen-bond acceptors (Lipinski definition) is 5. The maximum absolute atomic E-state index is 6.17. The number of aromatic nitrogens is 2. The van der Waals surface area contributed by atoms with Crippen LogP contribution in [0.15, 0.2) is 72.5 Å². The molecule has 4 rings (SSSR count). The third-order valence-corrected chi connectivity index (χ3v) is 6.79. The van der Waals surface area contributed by atoms with Gasteiger partial charge in [-0.25, -0.2) is 4.98 Å². The van der Waals surface area contributed by atoms with Crippen LogP contribution in [-0.4, -0.2) is 53.8 Å². The second-order valence-corrected chi connectivity index (χ2v) is 9.50. The van der Waals surface area contributed by atoms with Gasteiger partial charge >= 0.3 is 0 Å². The van der Waals surface area contributed by atoms with Gasteiger partial charge in [0, 0.05) is 43.9 Å². The summed E-state index contributed by atoms with van der Waals surface area (Å²) in [6.07, 6.45) is 9.40. The summed E-state index contributed by atoms with van der Waals surface area (Å²) in [6, 6.07) is 18.1. The van der Waals surface area contributed by atoms with Crippen molar-refractivity contribution < 1.29 is 9.47 Å². The van der Waals surface area contributed by atoms with Gasteiger partial charge < -0.3 is 19.4 Å². The first kappa shape index (κ1) is 27.7. The highest BCUT2D eigenvalue weighted by molar-refractivity contribution is 5.64. The Bertz CT molecular complexity index is 1200. The molecule has 3 aromatic rings. The maximum Gasteiger partial charge on any atom is 0.141 e. The third kappa shape index (κ3) is 7.59. The van der Waals surface area contributed by atoms with Crippen LogP contribution in [0.1, 0.15) is 45.0 Å². The van der Waals surface area contributed by atoms with Crippen molar-refractivity contribution in [1.29, 1.82) is 0 Å². The number of fused-ring (bicyclic) bond motifs is 1. The van der Waals surface area contributed by atoms with Crippen molar-refractivity contribution in [3.63, 3.8) is 0 Å². The zero-order valence-electron chi connectivity index (χ0n) is 23.2. The summed E-state index contributed by atoms with van der Waals surface area (Å²) in [5.74, 6) is 3.55. The van der Waals surface area contributed by atoms with Crippen molar-refractivity contribution in [2.45, 2.75) is 46.6 Å². The van der Waals surface area contributed by atoms with E-state index in [4.69, 9.17) is 14.5 Å². The number of rotatable bonds is 15. The molecule has 1 heterocycles. The van der Waals surface area contributed by atoms with Crippen molar-refractivity contribution in [2.75, 3.05) is 39.3 Å². The van der Waals surface area contributed by atoms with Gasteiger partial charge in [-0.2, -0.15) is 0 Å². The van der Waals surface area contributed by atoms with Crippen molar-refractivity contribution in [2.24, 2.45) is 0 Å². The zero-order chi connectivity index (χ0) is 26.6. The van der Waals surface area contributed by atoms with Crippen LogP contribution in [0.2, 0.25) is 0 Å². The summed E-state index contributed by atoms with van der Waals surface area (Å²) in [6.45, 7) is 13.2. The van der Waals surface area contributed by atoms with Crippen LogP contribution >= 0.6 is 0 Å². The van der Waals surface area contributed by atoms with E-state index in [9.17, 15) is 0 Å². The van der Waals surface area contributed by atoms with E-state index in [0.717, 1.165) is 92.9 Å². The molecule has 6 nitrogen and oxygen atoms in total. The molecule has 1 aliphatic rings. The number of ether oxygens (including phenoxy) is 2. The molecule has 6 heteroatoms. The van der Waals surface area contributed by atoms with Crippen molar-refractivity contribution in [1.82, 2.24) is 19.8 Å². The van der Waals surface area contributed by atoms with E-state index in [1.54, 1.807) is 0 Å². The smallest absolute Gasteiger partial charge is 0.141 e. The van der Waals surface area contributed by atoms with Crippen LogP contribution in [0.3, 0.4) is 0 Å². The Morgan fingerprint density at radius 2 is 1.82 bits per heavy atom. The van der Waals surface area contributed by atoms with Crippen LogP contribution in [0.5, 0.6) is 11.5 Å². The van der Waals surface area contributed by atoms with Gasteiger partial charge in [0.25, 0.3) is 0 Å². The summed E-state index contributed by atoms with van der Waals surface area (Å²) >= 11 is 0. The first-order valence-electron chi connectivity index (χ1n) is 14.1. The number of para-hydroxylation sites is 1. The van der Waals surface area contributed by atoms with Crippen LogP contribution in [0.4, 0.5) is 0 Å². The summed E-state index contributed by atoms with van der Waals surface area (Å²) in [5.41, 5.74) is 3.31. The van der Waals surface area contributed by atoms with Gasteiger partial charge in [0.15, 0.2) is 0 Å². The highest BCUT2D eigenvalue weighted by Crippen LogP contribution is 2.30. The topological polar surface area (TPSA) is 51.6 Å². The molecule has 1 aromatic heterocycles. The van der Waals surface area contributed by atoms with Crippen LogP contribution in [0, 0.1) is 0 Å². The Morgan fingerprint density at radius 3 is 2.61 bits per heavy atom. The van der Waals surface area contributed by atoms with Crippen molar-refractivity contribution in [3.05, 3.63) is 83.9 Å². The molecule has 0 radical (unpaired) electrons. The SMILES string of the molecule is CCCCn1c(-c2cccc(Oc3ccccc3)c2)nc2c1CC=C(OCCN(CC)CCNCC)C=C2. The van der Waals surface area contributed by atoms with Gasteiger partial charge in [-0.05, 0) is 62.0 Å². The fraction of sp³-hybridized carbons (Fsp3) is 0.406. The first-order chi connectivity index (χ1) is 18.7. The number of nitrogens with zero attached hydrogens (tertiary/aromatic N) is 3. The first-order valence-corrected chi connectivity index (χ1v) is 14.1. The molecule has 2 aromatic carbocycles. The van der Waals surface area contributed by atoms with E-state index in [1.165, 1.54) is 5.69 Å². The largest absolute Gasteiger partial charge is 0.493 e. The maximum atomic E-state index is 6.17. The Morgan fingerprint density at radius 1 is 0.974 bits per heavy atom. The Labute approximate surface area is 228 Å². The molecule has 202 valence electrons. The monoisotopic (exact) mass is 514 g/mol. The van der Waals surface area contributed by atoms with Gasteiger partial charge in [0.2, 0.25) is 0 Å². The molecule has 0 fully saturated rings. The average Bonchev–Trinajstić information content (AvgIpc) is 3.17. The molecule has 0 amide bonds. The lowest BCUT2D eigenvalue weighted by Crippen LogP contribution is -2.34. The molecule has 0 saturated carbocycles. The van der Waals surface area contributed by atoms with Gasteiger partial charge in [0.05, 0.1) is 5.69 Å². The third-order valence-electron chi connectivity index (χ3n) is 6.79. The Hall–Kier alpha value is -3.35. The van der Waals surface area contributed by atoms with E-state index in [0.29, 0.717) is 6.61 Å². The van der Waals surface area contributed by atoms with Crippen molar-refractivity contribution >= 4 is 6.08 Å². The highest BCUT2D eigenvalue weighted by atomic mass is 16.5. The predicted molar refractivity (Wildman–Crippen MR) is 157 cm³/mol. The lowest BCUT2D eigenvalue weighted by atomic mass is 10.2. The summed E-state index contributed by atoms with van der Waals surface area (Å²) in [5, 5.41) is 3.40. The zero-order valence-corrected chi connectivity index (χ0v) is 23.2. The van der Waals surface area contributed by atoms with Crippen LogP contribution < -0.4 is 10.1 Å². The molecule has 1 N–H and O–H groups in total. The van der Waals surface area contributed by atoms with Gasteiger partial charge in [0.1, 0.15) is 29.7 Å². The number of imidazole rings is 1. The lowest BCUT2D eigenvalue weighted by molar-refractivity contribution is 0.168. The lowest BCUT2D eigenvalue weighted by Gasteiger charge is -2.20. The molecule has 38 heavy (non-hydrogen) atoms. The van der Waals surface area contributed by atoms with E-state index in [2.05, 4.69) is 65.9 Å². The molecular weight excluding hydrogens is 472 g/mol. The molecule has 0 spiro atoms. The molecular formula is C32H42N4O2. The number of allylic oxidation sites excluding steroid dienone is 2. The fourth-order valence-electron chi connectivity index (χ4n) is 4.62. The quantitative estimate of drug-likeness (QED) is 0.233. The predicted octanol–water partition coefficient (Wildman–Crippen LogP) is 6.54. The Balaban J connectivity index is 1.47. The minimum Gasteiger partial charge on any atom is -0.493 e. The normalized spacial score (nSPS) is 12.8. The van der Waals surface area contributed by atoms with E-state index >= 15 is 0 Å². The minimum absolute atomic E-state index is 0.684. The number of benzene rings is 2. The number of hydrogen-bond donors (Lipinski definition) is 1. The van der Waals surface area contributed by atoms with E-state index in [1.807, 2.05) is 42.5 Å². The standard InChI is InChI=1S/C32H42N4O2/c1-4-7-21-36-31-19-17-27(37-24-23-35(6-3)22-20-33-5-2)16-18-30(31)34-32(36)26-12-11-15-29(25-26)38-28-13-9-8-10-14-28/h8-18,25,33H,4-7,19-24H2,1-3H3. The molecule has 1 aliphatic carbocycles. The molecule has 0 unspecified atom stereocenters. The van der Waals surface area contributed by atoms with E-state index in [-0.39, 0.29) is 0 Å².